The highest BCUT2D eigenvalue weighted by Crippen LogP contribution is 2.50. The maximum absolute atomic E-state index is 2.51. The summed E-state index contributed by atoms with van der Waals surface area (Å²) in [5.74, 6) is 0.262. The minimum atomic E-state index is -0.106. The summed E-state index contributed by atoms with van der Waals surface area (Å²) in [6, 6.07) is 83.5. The van der Waals surface area contributed by atoms with Crippen molar-refractivity contribution in [3.8, 4) is 55.6 Å². The van der Waals surface area contributed by atoms with Crippen molar-refractivity contribution < 1.29 is 0 Å². The molecule has 62 heavy (non-hydrogen) atoms. The molecule has 0 N–H and O–H groups in total. The van der Waals surface area contributed by atoms with E-state index in [1.54, 1.807) is 0 Å². The highest BCUT2D eigenvalue weighted by Gasteiger charge is 2.36. The molecule has 0 aliphatic heterocycles. The summed E-state index contributed by atoms with van der Waals surface area (Å²) in [5.41, 5.74) is 19.6. The van der Waals surface area contributed by atoms with Crippen LogP contribution in [0, 0.1) is 0 Å². The van der Waals surface area contributed by atoms with Gasteiger partial charge in [-0.25, -0.2) is 0 Å². The van der Waals surface area contributed by atoms with Gasteiger partial charge < -0.3 is 0 Å². The van der Waals surface area contributed by atoms with Crippen LogP contribution in [0.25, 0.3) is 77.2 Å². The maximum atomic E-state index is 2.51. The van der Waals surface area contributed by atoms with Gasteiger partial charge in [0.15, 0.2) is 0 Å². The Morgan fingerprint density at radius 3 is 1.56 bits per heavy atom. The first kappa shape index (κ1) is 37.7. The fourth-order valence-corrected chi connectivity index (χ4v) is 10.1. The van der Waals surface area contributed by atoms with Gasteiger partial charge in [0, 0.05) is 11.3 Å². The molecule has 10 aromatic carbocycles. The van der Waals surface area contributed by atoms with Crippen molar-refractivity contribution in [3.05, 3.63) is 252 Å². The van der Waals surface area contributed by atoms with Crippen LogP contribution < -0.4 is 0 Å². The van der Waals surface area contributed by atoms with Crippen LogP contribution in [0.4, 0.5) is 0 Å². The Hall–Kier alpha value is -7.28. The molecule has 0 radical (unpaired) electrons. The predicted octanol–water partition coefficient (Wildman–Crippen LogP) is 16.7. The Morgan fingerprint density at radius 2 is 0.839 bits per heavy atom. The number of rotatable bonds is 9. The molecule has 1 aliphatic rings. The smallest absolute Gasteiger partial charge is 0.0159 e. The third-order valence-corrected chi connectivity index (χ3v) is 13.6. The Morgan fingerprint density at radius 1 is 0.339 bits per heavy atom. The normalized spacial score (nSPS) is 13.2. The van der Waals surface area contributed by atoms with Gasteiger partial charge in [-0.3, -0.25) is 0 Å². The standard InChI is InChI=1S/C62H48/c1-62(2)60-39-42(20-37-58(60)59-38-35-54(41-61(59)62)47-25-32-51(33-26-47)57-18-10-16-48-14-8-9-17-56(48)57)19-36-55(49-28-21-45(22-29-49)43-11-4-3-5-12-43)50-30-23-46(24-31-50)53-34-27-44-13-6-7-15-52(44)40-53/h3-18,20-35,37-41,55H,19,36H2,1-2H3. The van der Waals surface area contributed by atoms with E-state index in [0.29, 0.717) is 0 Å². The number of hydrogen-bond acceptors (Lipinski definition) is 0. The van der Waals surface area contributed by atoms with Gasteiger partial charge in [-0.2, -0.15) is 0 Å². The Balaban J connectivity index is 0.865. The first-order chi connectivity index (χ1) is 30.5. The van der Waals surface area contributed by atoms with Crippen LogP contribution in [-0.2, 0) is 11.8 Å². The molecule has 0 bridgehead atoms. The van der Waals surface area contributed by atoms with Crippen LogP contribution in [-0.4, -0.2) is 0 Å². The van der Waals surface area contributed by atoms with Crippen LogP contribution >= 0.6 is 0 Å². The minimum Gasteiger partial charge on any atom is -0.0622 e. The molecule has 1 unspecified atom stereocenters. The van der Waals surface area contributed by atoms with E-state index in [-0.39, 0.29) is 11.3 Å². The topological polar surface area (TPSA) is 0 Å². The molecule has 0 amide bonds. The molecule has 0 spiro atoms. The van der Waals surface area contributed by atoms with Gasteiger partial charge >= 0.3 is 0 Å². The van der Waals surface area contributed by atoms with E-state index >= 15 is 0 Å². The molecule has 0 fully saturated rings. The number of benzene rings is 10. The lowest BCUT2D eigenvalue weighted by atomic mass is 9.80. The predicted molar refractivity (Wildman–Crippen MR) is 264 cm³/mol. The Bertz CT molecular complexity index is 3220. The zero-order valence-corrected chi connectivity index (χ0v) is 35.4. The maximum Gasteiger partial charge on any atom is 0.0159 e. The van der Waals surface area contributed by atoms with Gasteiger partial charge in [0.25, 0.3) is 0 Å². The molecule has 296 valence electrons. The highest BCUT2D eigenvalue weighted by atomic mass is 14.4. The van der Waals surface area contributed by atoms with E-state index in [2.05, 4.69) is 238 Å². The quantitative estimate of drug-likeness (QED) is 0.137. The largest absolute Gasteiger partial charge is 0.0622 e. The second-order valence-corrected chi connectivity index (χ2v) is 17.6. The van der Waals surface area contributed by atoms with Crippen molar-refractivity contribution in [3.63, 3.8) is 0 Å². The third-order valence-electron chi connectivity index (χ3n) is 13.6. The fourth-order valence-electron chi connectivity index (χ4n) is 10.1. The molecule has 0 aromatic heterocycles. The summed E-state index contributed by atoms with van der Waals surface area (Å²) in [4.78, 5) is 0. The van der Waals surface area contributed by atoms with Crippen LogP contribution in [0.5, 0.6) is 0 Å². The summed E-state index contributed by atoms with van der Waals surface area (Å²) < 4.78 is 0. The summed E-state index contributed by atoms with van der Waals surface area (Å²) in [7, 11) is 0. The van der Waals surface area contributed by atoms with Crippen molar-refractivity contribution in [2.45, 2.75) is 38.0 Å². The number of aryl methyl sites for hydroxylation is 1. The lowest BCUT2D eigenvalue weighted by molar-refractivity contribution is 0.657. The van der Waals surface area contributed by atoms with Gasteiger partial charge in [0.2, 0.25) is 0 Å². The minimum absolute atomic E-state index is 0.106. The Kier molecular flexibility index (Phi) is 9.51. The fraction of sp³-hybridized carbons (Fsp3) is 0.0968. The third kappa shape index (κ3) is 6.92. The first-order valence-corrected chi connectivity index (χ1v) is 22.1. The van der Waals surface area contributed by atoms with Crippen molar-refractivity contribution in [2.24, 2.45) is 0 Å². The number of fused-ring (bicyclic) bond motifs is 5. The van der Waals surface area contributed by atoms with E-state index in [1.807, 2.05) is 0 Å². The molecule has 0 nitrogen and oxygen atoms in total. The van der Waals surface area contributed by atoms with Crippen LogP contribution in [0.15, 0.2) is 224 Å². The number of hydrogen-bond donors (Lipinski definition) is 0. The second kappa shape index (κ2) is 15.6. The van der Waals surface area contributed by atoms with E-state index < -0.39 is 0 Å². The van der Waals surface area contributed by atoms with E-state index in [1.165, 1.54) is 105 Å². The molecule has 0 heterocycles. The lowest BCUT2D eigenvalue weighted by Gasteiger charge is -2.23. The van der Waals surface area contributed by atoms with Crippen LogP contribution in [0.2, 0.25) is 0 Å². The van der Waals surface area contributed by atoms with E-state index in [0.717, 1.165) is 12.8 Å². The van der Waals surface area contributed by atoms with Crippen molar-refractivity contribution in [2.75, 3.05) is 0 Å². The summed E-state index contributed by atoms with van der Waals surface area (Å²) >= 11 is 0. The Labute approximate surface area is 365 Å². The molecule has 1 aliphatic carbocycles. The van der Waals surface area contributed by atoms with Crippen molar-refractivity contribution in [1.82, 2.24) is 0 Å². The van der Waals surface area contributed by atoms with Crippen LogP contribution in [0.1, 0.15) is 54.0 Å². The highest BCUT2D eigenvalue weighted by molar-refractivity contribution is 5.97. The molecule has 1 atom stereocenters. The van der Waals surface area contributed by atoms with Crippen molar-refractivity contribution >= 4 is 21.5 Å². The molecular formula is C62H48. The lowest BCUT2D eigenvalue weighted by Crippen LogP contribution is -2.15. The van der Waals surface area contributed by atoms with E-state index in [4.69, 9.17) is 0 Å². The summed E-state index contributed by atoms with van der Waals surface area (Å²) in [6.45, 7) is 4.81. The monoisotopic (exact) mass is 792 g/mol. The molecule has 11 rings (SSSR count). The van der Waals surface area contributed by atoms with Crippen molar-refractivity contribution in [1.29, 1.82) is 0 Å². The van der Waals surface area contributed by atoms with Gasteiger partial charge in [0.05, 0.1) is 0 Å². The average Bonchev–Trinajstić information content (AvgIpc) is 3.56. The van der Waals surface area contributed by atoms with Gasteiger partial charge in [-0.05, 0) is 130 Å². The first-order valence-electron chi connectivity index (χ1n) is 22.1. The molecule has 0 saturated heterocycles. The average molecular weight is 793 g/mol. The molecule has 10 aromatic rings. The zero-order valence-electron chi connectivity index (χ0n) is 35.4. The summed E-state index contributed by atoms with van der Waals surface area (Å²) in [6.07, 6.45) is 2.01. The zero-order chi connectivity index (χ0) is 41.6. The molecule has 0 heteroatoms. The van der Waals surface area contributed by atoms with Crippen LogP contribution in [0.3, 0.4) is 0 Å². The van der Waals surface area contributed by atoms with E-state index in [9.17, 15) is 0 Å². The second-order valence-electron chi connectivity index (χ2n) is 17.6. The molecule has 0 saturated carbocycles. The molecular weight excluding hydrogens is 745 g/mol. The van der Waals surface area contributed by atoms with Gasteiger partial charge in [-0.1, -0.05) is 226 Å². The SMILES string of the molecule is CC1(C)c2cc(CCC(c3ccc(-c4ccccc4)cc3)c3ccc(-c4ccc5ccccc5c4)cc3)ccc2-c2ccc(-c3ccc(-c4cccc5ccccc45)cc3)cc21. The van der Waals surface area contributed by atoms with Gasteiger partial charge in [0.1, 0.15) is 0 Å². The van der Waals surface area contributed by atoms with Gasteiger partial charge in [-0.15, -0.1) is 0 Å². The summed E-state index contributed by atoms with van der Waals surface area (Å²) in [5, 5.41) is 5.11.